The van der Waals surface area contributed by atoms with Crippen molar-refractivity contribution in [2.24, 2.45) is 0 Å². The van der Waals surface area contributed by atoms with Gasteiger partial charge in [0.25, 0.3) is 5.91 Å². The molecule has 1 aliphatic rings. The van der Waals surface area contributed by atoms with E-state index in [4.69, 9.17) is 10.4 Å². The molecule has 1 heterocycles. The standard InChI is InChI=1S/C13H13N3O3/c14-7-9-1-4-11(15-8-9)13(19)16(10-2-3-10)6-5-12(17)18/h1,4,8,10H,2-3,5-6H2,(H,17,18). The quantitative estimate of drug-likeness (QED) is 0.852. The van der Waals surface area contributed by atoms with E-state index in [0.717, 1.165) is 12.8 Å². The van der Waals surface area contributed by atoms with E-state index in [2.05, 4.69) is 4.98 Å². The van der Waals surface area contributed by atoms with Gasteiger partial charge in [0.2, 0.25) is 0 Å². The first-order valence-electron chi connectivity index (χ1n) is 6.00. The summed E-state index contributed by atoms with van der Waals surface area (Å²) in [6, 6.07) is 5.09. The Morgan fingerprint density at radius 1 is 1.47 bits per heavy atom. The number of carboxylic acids is 1. The van der Waals surface area contributed by atoms with Gasteiger partial charge in [-0.05, 0) is 25.0 Å². The van der Waals surface area contributed by atoms with E-state index in [1.165, 1.54) is 18.3 Å². The Kier molecular flexibility index (Phi) is 3.76. The molecule has 0 radical (unpaired) electrons. The van der Waals surface area contributed by atoms with Crippen molar-refractivity contribution in [3.05, 3.63) is 29.6 Å². The molecule has 0 bridgehead atoms. The highest BCUT2D eigenvalue weighted by Gasteiger charge is 2.33. The summed E-state index contributed by atoms with van der Waals surface area (Å²) in [6.45, 7) is 0.195. The second-order valence-corrected chi connectivity index (χ2v) is 4.42. The van der Waals surface area contributed by atoms with Crippen LogP contribution in [0.2, 0.25) is 0 Å². The van der Waals surface area contributed by atoms with Gasteiger partial charge >= 0.3 is 5.97 Å². The molecule has 0 atom stereocenters. The average Bonchev–Trinajstić information content (AvgIpc) is 3.23. The number of nitrogens with zero attached hydrogens (tertiary/aromatic N) is 3. The van der Waals surface area contributed by atoms with Crippen LogP contribution >= 0.6 is 0 Å². The third-order valence-corrected chi connectivity index (χ3v) is 2.93. The predicted molar refractivity (Wildman–Crippen MR) is 65.3 cm³/mol. The molecule has 0 aromatic carbocycles. The Labute approximate surface area is 110 Å². The number of carboxylic acid groups (broad SMARTS) is 1. The first kappa shape index (κ1) is 13.0. The summed E-state index contributed by atoms with van der Waals surface area (Å²) in [5, 5.41) is 17.4. The average molecular weight is 259 g/mol. The normalized spacial score (nSPS) is 13.6. The van der Waals surface area contributed by atoms with E-state index in [1.807, 2.05) is 6.07 Å². The van der Waals surface area contributed by atoms with Gasteiger partial charge in [0.15, 0.2) is 0 Å². The summed E-state index contributed by atoms with van der Waals surface area (Å²) in [5.41, 5.74) is 0.636. The van der Waals surface area contributed by atoms with Crippen molar-refractivity contribution in [3.63, 3.8) is 0 Å². The number of amides is 1. The number of aliphatic carboxylic acids is 1. The van der Waals surface area contributed by atoms with E-state index in [-0.39, 0.29) is 30.6 Å². The topological polar surface area (TPSA) is 94.3 Å². The van der Waals surface area contributed by atoms with Crippen LogP contribution in [0.1, 0.15) is 35.3 Å². The number of hydrogen-bond donors (Lipinski definition) is 1. The summed E-state index contributed by atoms with van der Waals surface area (Å²) >= 11 is 0. The number of carbonyl (C=O) groups is 2. The third kappa shape index (κ3) is 3.28. The minimum absolute atomic E-state index is 0.0709. The zero-order valence-corrected chi connectivity index (χ0v) is 10.2. The van der Waals surface area contributed by atoms with E-state index in [0.29, 0.717) is 5.56 Å². The molecule has 2 rings (SSSR count). The molecule has 6 heteroatoms. The number of rotatable bonds is 5. The van der Waals surface area contributed by atoms with Gasteiger partial charge < -0.3 is 10.0 Å². The van der Waals surface area contributed by atoms with E-state index >= 15 is 0 Å². The van der Waals surface area contributed by atoms with Crippen molar-refractivity contribution in [1.82, 2.24) is 9.88 Å². The van der Waals surface area contributed by atoms with E-state index in [9.17, 15) is 9.59 Å². The molecule has 1 aromatic rings. The number of hydrogen-bond acceptors (Lipinski definition) is 4. The summed E-state index contributed by atoms with van der Waals surface area (Å²) in [7, 11) is 0. The molecule has 1 N–H and O–H groups in total. The van der Waals surface area contributed by atoms with Gasteiger partial charge in [-0.15, -0.1) is 0 Å². The fourth-order valence-corrected chi connectivity index (χ4v) is 1.79. The maximum Gasteiger partial charge on any atom is 0.305 e. The van der Waals surface area contributed by atoms with Crippen LogP contribution in [-0.4, -0.2) is 39.5 Å². The lowest BCUT2D eigenvalue weighted by Crippen LogP contribution is -2.35. The van der Waals surface area contributed by atoms with Crippen LogP contribution in [0.5, 0.6) is 0 Å². The van der Waals surface area contributed by atoms with Gasteiger partial charge in [-0.2, -0.15) is 5.26 Å². The second-order valence-electron chi connectivity index (χ2n) is 4.42. The molecular weight excluding hydrogens is 246 g/mol. The highest BCUT2D eigenvalue weighted by Crippen LogP contribution is 2.28. The summed E-state index contributed by atoms with van der Waals surface area (Å²) in [5.74, 6) is -1.19. The summed E-state index contributed by atoms with van der Waals surface area (Å²) in [6.07, 6.45) is 3.08. The van der Waals surface area contributed by atoms with Crippen LogP contribution in [0, 0.1) is 11.3 Å². The second kappa shape index (κ2) is 5.48. The molecule has 1 amide bonds. The zero-order chi connectivity index (χ0) is 13.8. The Morgan fingerprint density at radius 3 is 2.68 bits per heavy atom. The van der Waals surface area contributed by atoms with Crippen LogP contribution < -0.4 is 0 Å². The third-order valence-electron chi connectivity index (χ3n) is 2.93. The first-order chi connectivity index (χ1) is 9.11. The number of aromatic nitrogens is 1. The van der Waals surface area contributed by atoms with Gasteiger partial charge in [-0.3, -0.25) is 9.59 Å². The van der Waals surface area contributed by atoms with Gasteiger partial charge in [-0.1, -0.05) is 0 Å². The van der Waals surface area contributed by atoms with Gasteiger partial charge in [0.1, 0.15) is 11.8 Å². The summed E-state index contributed by atoms with van der Waals surface area (Å²) in [4.78, 5) is 28.3. The Balaban J connectivity index is 2.09. The SMILES string of the molecule is N#Cc1ccc(C(=O)N(CCC(=O)O)C2CC2)nc1. The highest BCUT2D eigenvalue weighted by molar-refractivity contribution is 5.93. The van der Waals surface area contributed by atoms with Gasteiger partial charge in [-0.25, -0.2) is 4.98 Å². The fourth-order valence-electron chi connectivity index (χ4n) is 1.79. The lowest BCUT2D eigenvalue weighted by Gasteiger charge is -2.21. The fraction of sp³-hybridized carbons (Fsp3) is 0.385. The highest BCUT2D eigenvalue weighted by atomic mass is 16.4. The Morgan fingerprint density at radius 2 is 2.21 bits per heavy atom. The Hall–Kier alpha value is -2.42. The lowest BCUT2D eigenvalue weighted by atomic mass is 10.2. The minimum Gasteiger partial charge on any atom is -0.481 e. The number of carbonyl (C=O) groups excluding carboxylic acids is 1. The summed E-state index contributed by atoms with van der Waals surface area (Å²) < 4.78 is 0. The van der Waals surface area contributed by atoms with Crippen molar-refractivity contribution in [3.8, 4) is 6.07 Å². The van der Waals surface area contributed by atoms with Gasteiger partial charge in [0, 0.05) is 18.8 Å². The maximum atomic E-state index is 12.2. The van der Waals surface area contributed by atoms with E-state index in [1.54, 1.807) is 4.90 Å². The van der Waals surface area contributed by atoms with E-state index < -0.39 is 5.97 Å². The van der Waals surface area contributed by atoms with Crippen LogP contribution in [-0.2, 0) is 4.79 Å². The predicted octanol–water partition coefficient (Wildman–Crippen LogP) is 1.03. The van der Waals surface area contributed by atoms with Crippen molar-refractivity contribution in [2.45, 2.75) is 25.3 Å². The van der Waals surface area contributed by atoms with Crippen LogP contribution in [0.3, 0.4) is 0 Å². The van der Waals surface area contributed by atoms with Crippen molar-refractivity contribution < 1.29 is 14.7 Å². The molecule has 1 aliphatic carbocycles. The molecule has 0 unspecified atom stereocenters. The van der Waals surface area contributed by atoms with Crippen LogP contribution in [0.25, 0.3) is 0 Å². The molecule has 0 aliphatic heterocycles. The number of pyridine rings is 1. The van der Waals surface area contributed by atoms with Crippen LogP contribution in [0.15, 0.2) is 18.3 Å². The molecule has 98 valence electrons. The minimum atomic E-state index is -0.925. The molecule has 1 aromatic heterocycles. The van der Waals surface area contributed by atoms with Crippen molar-refractivity contribution in [2.75, 3.05) is 6.54 Å². The first-order valence-corrected chi connectivity index (χ1v) is 6.00. The number of nitriles is 1. The zero-order valence-electron chi connectivity index (χ0n) is 10.2. The monoisotopic (exact) mass is 259 g/mol. The maximum absolute atomic E-state index is 12.2. The molecule has 6 nitrogen and oxygen atoms in total. The van der Waals surface area contributed by atoms with Crippen LogP contribution in [0.4, 0.5) is 0 Å². The van der Waals surface area contributed by atoms with Gasteiger partial charge in [0.05, 0.1) is 12.0 Å². The molecule has 0 saturated heterocycles. The Bertz CT molecular complexity index is 529. The largest absolute Gasteiger partial charge is 0.481 e. The molecule has 19 heavy (non-hydrogen) atoms. The van der Waals surface area contributed by atoms with Crippen molar-refractivity contribution in [1.29, 1.82) is 5.26 Å². The lowest BCUT2D eigenvalue weighted by molar-refractivity contribution is -0.137. The molecule has 0 spiro atoms. The molecule has 1 saturated carbocycles. The molecular formula is C13H13N3O3. The molecule has 1 fully saturated rings. The smallest absolute Gasteiger partial charge is 0.305 e. The van der Waals surface area contributed by atoms with Crippen molar-refractivity contribution >= 4 is 11.9 Å².